The highest BCUT2D eigenvalue weighted by molar-refractivity contribution is 7.18. The molecule has 30 heavy (non-hydrogen) atoms. The van der Waals surface area contributed by atoms with Crippen molar-refractivity contribution in [2.75, 3.05) is 11.9 Å². The Morgan fingerprint density at radius 3 is 2.63 bits per heavy atom. The number of rotatable bonds is 5. The lowest BCUT2D eigenvalue weighted by Gasteiger charge is -2.10. The summed E-state index contributed by atoms with van der Waals surface area (Å²) in [5, 5.41) is 5.07. The van der Waals surface area contributed by atoms with Gasteiger partial charge in [0.2, 0.25) is 11.8 Å². The van der Waals surface area contributed by atoms with E-state index >= 15 is 0 Å². The van der Waals surface area contributed by atoms with Gasteiger partial charge in [-0.05, 0) is 37.6 Å². The molecule has 0 atom stereocenters. The first-order valence-corrected chi connectivity index (χ1v) is 9.57. The van der Waals surface area contributed by atoms with E-state index in [1.807, 2.05) is 6.92 Å². The van der Waals surface area contributed by atoms with Gasteiger partial charge in [0, 0.05) is 10.6 Å². The molecular formula is C19H17F3N4O3S. The van der Waals surface area contributed by atoms with Crippen LogP contribution in [0.1, 0.15) is 16.0 Å². The Bertz CT molecular complexity index is 1180. The second kappa shape index (κ2) is 8.27. The number of nitrogens with zero attached hydrogens (tertiary/aromatic N) is 2. The molecule has 0 fully saturated rings. The van der Waals surface area contributed by atoms with E-state index in [2.05, 4.69) is 15.6 Å². The van der Waals surface area contributed by atoms with Crippen LogP contribution in [0.25, 0.3) is 10.2 Å². The molecule has 1 aromatic carbocycles. The van der Waals surface area contributed by atoms with Gasteiger partial charge in [-0.1, -0.05) is 6.07 Å². The number of aromatic nitrogens is 2. The van der Waals surface area contributed by atoms with Gasteiger partial charge in [-0.2, -0.15) is 13.2 Å². The number of halogens is 3. The van der Waals surface area contributed by atoms with Crippen LogP contribution in [0.4, 0.5) is 18.9 Å². The molecular weight excluding hydrogens is 421 g/mol. The molecule has 2 N–H and O–H groups in total. The molecule has 0 radical (unpaired) electrons. The Hall–Kier alpha value is -3.21. The van der Waals surface area contributed by atoms with Crippen LogP contribution in [-0.2, 0) is 22.3 Å². The molecule has 0 unspecified atom stereocenters. The van der Waals surface area contributed by atoms with Crippen LogP contribution in [0.2, 0.25) is 0 Å². The summed E-state index contributed by atoms with van der Waals surface area (Å²) in [7, 11) is 0. The molecule has 3 aromatic rings. The Kier molecular flexibility index (Phi) is 5.92. The predicted molar refractivity (Wildman–Crippen MR) is 106 cm³/mol. The van der Waals surface area contributed by atoms with Gasteiger partial charge in [-0.15, -0.1) is 11.3 Å². The first-order chi connectivity index (χ1) is 14.1. The Labute approximate surface area is 172 Å². The lowest BCUT2D eigenvalue weighted by Crippen LogP contribution is -2.37. The number of aryl methyl sites for hydroxylation is 2. The van der Waals surface area contributed by atoms with Crippen molar-refractivity contribution in [3.05, 3.63) is 57.0 Å². The largest absolute Gasteiger partial charge is 0.416 e. The van der Waals surface area contributed by atoms with E-state index in [9.17, 15) is 27.6 Å². The zero-order valence-electron chi connectivity index (χ0n) is 16.0. The van der Waals surface area contributed by atoms with Crippen molar-refractivity contribution in [2.24, 2.45) is 0 Å². The summed E-state index contributed by atoms with van der Waals surface area (Å²) < 4.78 is 39.3. The van der Waals surface area contributed by atoms with E-state index in [0.29, 0.717) is 10.2 Å². The number of amides is 2. The normalized spacial score (nSPS) is 11.5. The summed E-state index contributed by atoms with van der Waals surface area (Å²) in [4.78, 5) is 42.3. The third kappa shape index (κ3) is 4.67. The molecule has 0 spiro atoms. The van der Waals surface area contributed by atoms with Gasteiger partial charge in [0.1, 0.15) is 11.4 Å². The van der Waals surface area contributed by atoms with Crippen molar-refractivity contribution in [1.29, 1.82) is 0 Å². The number of hydrogen-bond donors (Lipinski definition) is 2. The fraction of sp³-hybridized carbons (Fsp3) is 0.263. The van der Waals surface area contributed by atoms with Gasteiger partial charge in [-0.3, -0.25) is 19.0 Å². The van der Waals surface area contributed by atoms with Crippen LogP contribution >= 0.6 is 11.3 Å². The standard InChI is InChI=1S/C19H17F3N4O3S/c1-10-11(2)30-17-16(10)18(29)26(9-24-17)8-15(28)23-7-14(27)25-13-5-3-4-12(6-13)19(20,21)22/h3-6,9H,7-8H2,1-2H3,(H,23,28)(H,25,27). The highest BCUT2D eigenvalue weighted by Gasteiger charge is 2.30. The molecule has 0 saturated heterocycles. The lowest BCUT2D eigenvalue weighted by atomic mass is 10.2. The average molecular weight is 438 g/mol. The van der Waals surface area contributed by atoms with Crippen molar-refractivity contribution < 1.29 is 22.8 Å². The number of nitrogens with one attached hydrogen (secondary N) is 2. The van der Waals surface area contributed by atoms with E-state index in [1.165, 1.54) is 29.8 Å². The molecule has 3 rings (SSSR count). The van der Waals surface area contributed by atoms with E-state index in [0.717, 1.165) is 27.1 Å². The van der Waals surface area contributed by atoms with Gasteiger partial charge < -0.3 is 10.6 Å². The van der Waals surface area contributed by atoms with Crippen molar-refractivity contribution in [3.8, 4) is 0 Å². The molecule has 0 aliphatic rings. The molecule has 2 heterocycles. The van der Waals surface area contributed by atoms with Crippen LogP contribution in [0.3, 0.4) is 0 Å². The van der Waals surface area contributed by atoms with Gasteiger partial charge in [0.25, 0.3) is 5.56 Å². The van der Waals surface area contributed by atoms with Crippen molar-refractivity contribution in [3.63, 3.8) is 0 Å². The Balaban J connectivity index is 1.60. The van der Waals surface area contributed by atoms with Crippen molar-refractivity contribution in [2.45, 2.75) is 26.6 Å². The van der Waals surface area contributed by atoms with E-state index in [-0.39, 0.29) is 17.8 Å². The van der Waals surface area contributed by atoms with E-state index in [4.69, 9.17) is 0 Å². The number of carbonyl (C=O) groups is 2. The lowest BCUT2D eigenvalue weighted by molar-refractivity contribution is -0.137. The van der Waals surface area contributed by atoms with Crippen LogP contribution in [0.15, 0.2) is 35.4 Å². The highest BCUT2D eigenvalue weighted by atomic mass is 32.1. The summed E-state index contributed by atoms with van der Waals surface area (Å²) in [6.07, 6.45) is -3.26. The number of benzene rings is 1. The number of alkyl halides is 3. The van der Waals surface area contributed by atoms with Crippen LogP contribution in [0, 0.1) is 13.8 Å². The molecule has 2 amide bonds. The van der Waals surface area contributed by atoms with Gasteiger partial charge in [0.05, 0.1) is 23.8 Å². The monoisotopic (exact) mass is 438 g/mol. The number of anilines is 1. The Morgan fingerprint density at radius 1 is 1.20 bits per heavy atom. The third-order valence-electron chi connectivity index (χ3n) is 4.39. The predicted octanol–water partition coefficient (Wildman–Crippen LogP) is 2.85. The minimum Gasteiger partial charge on any atom is -0.345 e. The first kappa shape index (κ1) is 21.5. The van der Waals surface area contributed by atoms with Crippen LogP contribution in [-0.4, -0.2) is 27.9 Å². The summed E-state index contributed by atoms with van der Waals surface area (Å²) in [5.74, 6) is -1.31. The van der Waals surface area contributed by atoms with Crippen LogP contribution in [0.5, 0.6) is 0 Å². The fourth-order valence-corrected chi connectivity index (χ4v) is 3.74. The Morgan fingerprint density at radius 2 is 1.93 bits per heavy atom. The molecule has 11 heteroatoms. The van der Waals surface area contributed by atoms with Crippen molar-refractivity contribution >= 4 is 39.1 Å². The summed E-state index contributed by atoms with van der Waals surface area (Å²) >= 11 is 1.39. The third-order valence-corrected chi connectivity index (χ3v) is 5.50. The maximum Gasteiger partial charge on any atom is 0.416 e. The molecule has 0 aliphatic carbocycles. The fourth-order valence-electron chi connectivity index (χ4n) is 2.75. The van der Waals surface area contributed by atoms with E-state index in [1.54, 1.807) is 6.92 Å². The zero-order valence-corrected chi connectivity index (χ0v) is 16.8. The van der Waals surface area contributed by atoms with Gasteiger partial charge in [-0.25, -0.2) is 4.98 Å². The molecule has 0 aliphatic heterocycles. The van der Waals surface area contributed by atoms with Gasteiger partial charge >= 0.3 is 6.18 Å². The number of hydrogen-bond acceptors (Lipinski definition) is 5. The quantitative estimate of drug-likeness (QED) is 0.641. The van der Waals surface area contributed by atoms with E-state index < -0.39 is 30.1 Å². The van der Waals surface area contributed by atoms with Crippen molar-refractivity contribution in [1.82, 2.24) is 14.9 Å². The SMILES string of the molecule is Cc1sc2ncn(CC(=O)NCC(=O)Nc3cccc(C(F)(F)F)c3)c(=O)c2c1C. The second-order valence-electron chi connectivity index (χ2n) is 6.54. The molecule has 158 valence electrons. The number of carbonyl (C=O) groups excluding carboxylic acids is 2. The topological polar surface area (TPSA) is 93.1 Å². The maximum atomic E-state index is 12.7. The summed E-state index contributed by atoms with van der Waals surface area (Å²) in [6, 6.07) is 4.16. The number of fused-ring (bicyclic) bond motifs is 1. The summed E-state index contributed by atoms with van der Waals surface area (Å²) in [6.45, 7) is 2.88. The summed E-state index contributed by atoms with van der Waals surface area (Å²) in [5.41, 5.74) is -0.489. The minimum absolute atomic E-state index is 0.0433. The van der Waals surface area contributed by atoms with Crippen LogP contribution < -0.4 is 16.2 Å². The average Bonchev–Trinajstić information content (AvgIpc) is 2.96. The van der Waals surface area contributed by atoms with Gasteiger partial charge in [0.15, 0.2) is 0 Å². The first-order valence-electron chi connectivity index (χ1n) is 8.75. The highest BCUT2D eigenvalue weighted by Crippen LogP contribution is 2.30. The molecule has 0 bridgehead atoms. The molecule has 0 saturated carbocycles. The minimum atomic E-state index is -4.53. The second-order valence-corrected chi connectivity index (χ2v) is 7.75. The molecule has 2 aromatic heterocycles. The number of thiophene rings is 1. The zero-order chi connectivity index (χ0) is 22.1. The smallest absolute Gasteiger partial charge is 0.345 e. The molecule has 7 nitrogen and oxygen atoms in total. The maximum absolute atomic E-state index is 12.7.